The molecular weight excluding hydrogens is 364 g/mol. The molecule has 1 atom stereocenters. The van der Waals surface area contributed by atoms with Crippen molar-refractivity contribution in [3.05, 3.63) is 82.4 Å². The Kier molecular flexibility index (Phi) is 4.52. The Balaban J connectivity index is 1.57. The molecule has 5 rings (SSSR count). The van der Waals surface area contributed by atoms with E-state index in [1.54, 1.807) is 9.25 Å². The van der Waals surface area contributed by atoms with Crippen molar-refractivity contribution in [3.8, 4) is 5.69 Å². The Labute approximate surface area is 168 Å². The summed E-state index contributed by atoms with van der Waals surface area (Å²) in [6.45, 7) is 4.27. The number of rotatable bonds is 4. The molecule has 1 N–H and O–H groups in total. The number of fused-ring (bicyclic) bond motifs is 1. The molecule has 7 heteroatoms. The zero-order chi connectivity index (χ0) is 19.8. The molecule has 4 heterocycles. The van der Waals surface area contributed by atoms with Crippen LogP contribution in [0.1, 0.15) is 35.8 Å². The lowest BCUT2D eigenvalue weighted by Crippen LogP contribution is -2.31. The van der Waals surface area contributed by atoms with Gasteiger partial charge in [-0.3, -0.25) is 0 Å². The Hall–Kier alpha value is -3.19. The van der Waals surface area contributed by atoms with Gasteiger partial charge in [-0.05, 0) is 56.1 Å². The summed E-state index contributed by atoms with van der Waals surface area (Å²) in [5, 5.41) is 8.20. The number of hydrogen-bond acceptors (Lipinski definition) is 4. The van der Waals surface area contributed by atoms with Crippen molar-refractivity contribution in [3.63, 3.8) is 0 Å². The second-order valence-electron chi connectivity index (χ2n) is 7.71. The lowest BCUT2D eigenvalue weighted by molar-refractivity contribution is 0.439. The Bertz CT molecular complexity index is 1200. The van der Waals surface area contributed by atoms with E-state index in [9.17, 15) is 4.79 Å². The van der Waals surface area contributed by atoms with Crippen LogP contribution in [0.5, 0.6) is 0 Å². The number of imidazole rings is 1. The second-order valence-corrected chi connectivity index (χ2v) is 7.71. The molecule has 1 aliphatic rings. The van der Waals surface area contributed by atoms with Crippen LogP contribution in [0, 0.1) is 6.92 Å². The summed E-state index contributed by atoms with van der Waals surface area (Å²) in [5.41, 5.74) is 3.60. The van der Waals surface area contributed by atoms with E-state index in [0.29, 0.717) is 6.54 Å². The summed E-state index contributed by atoms with van der Waals surface area (Å²) in [5.74, 6) is 1.05. The van der Waals surface area contributed by atoms with Crippen molar-refractivity contribution in [1.82, 2.24) is 29.0 Å². The third-order valence-corrected chi connectivity index (χ3v) is 5.52. The van der Waals surface area contributed by atoms with Gasteiger partial charge in [0, 0.05) is 24.9 Å². The lowest BCUT2D eigenvalue weighted by atomic mass is 9.99. The summed E-state index contributed by atoms with van der Waals surface area (Å²) >= 11 is 0. The predicted molar refractivity (Wildman–Crippen MR) is 112 cm³/mol. The Morgan fingerprint density at radius 1 is 1.21 bits per heavy atom. The highest BCUT2D eigenvalue weighted by Gasteiger charge is 2.25. The van der Waals surface area contributed by atoms with Crippen molar-refractivity contribution >= 4 is 5.65 Å². The van der Waals surface area contributed by atoms with Crippen LogP contribution < -0.4 is 11.0 Å². The second kappa shape index (κ2) is 7.33. The van der Waals surface area contributed by atoms with Gasteiger partial charge in [0.15, 0.2) is 0 Å². The van der Waals surface area contributed by atoms with E-state index in [0.717, 1.165) is 54.3 Å². The predicted octanol–water partition coefficient (Wildman–Crippen LogP) is 2.51. The molecule has 0 amide bonds. The van der Waals surface area contributed by atoms with Gasteiger partial charge in [-0.2, -0.15) is 5.10 Å². The number of pyridine rings is 1. The molecule has 0 radical (unpaired) electrons. The molecule has 1 unspecified atom stereocenters. The van der Waals surface area contributed by atoms with E-state index in [4.69, 9.17) is 5.10 Å². The molecule has 148 valence electrons. The number of aromatic nitrogens is 5. The minimum Gasteiger partial charge on any atom is -0.316 e. The highest BCUT2D eigenvalue weighted by atomic mass is 16.2. The monoisotopic (exact) mass is 388 g/mol. The van der Waals surface area contributed by atoms with Crippen LogP contribution in [-0.2, 0) is 6.54 Å². The maximum absolute atomic E-state index is 13.3. The smallest absolute Gasteiger partial charge is 0.316 e. The molecule has 7 nitrogen and oxygen atoms in total. The van der Waals surface area contributed by atoms with Crippen LogP contribution in [-0.4, -0.2) is 36.8 Å². The highest BCUT2D eigenvalue weighted by Crippen LogP contribution is 2.23. The first-order valence-electron chi connectivity index (χ1n) is 10.1. The molecule has 4 aromatic rings. The summed E-state index contributed by atoms with van der Waals surface area (Å²) in [7, 11) is 0. The maximum Gasteiger partial charge on any atom is 0.350 e. The Morgan fingerprint density at radius 3 is 2.86 bits per heavy atom. The third-order valence-electron chi connectivity index (χ3n) is 5.52. The average Bonchev–Trinajstić information content (AvgIpc) is 3.29. The average molecular weight is 388 g/mol. The molecule has 29 heavy (non-hydrogen) atoms. The molecule has 1 fully saturated rings. The van der Waals surface area contributed by atoms with Crippen LogP contribution >= 0.6 is 0 Å². The number of nitrogens with one attached hydrogen (secondary N) is 1. The van der Waals surface area contributed by atoms with Crippen molar-refractivity contribution in [2.24, 2.45) is 0 Å². The van der Waals surface area contributed by atoms with E-state index in [1.165, 1.54) is 0 Å². The minimum absolute atomic E-state index is 0.120. The van der Waals surface area contributed by atoms with E-state index in [1.807, 2.05) is 66.2 Å². The van der Waals surface area contributed by atoms with Gasteiger partial charge in [0.05, 0.1) is 17.9 Å². The largest absolute Gasteiger partial charge is 0.350 e. The van der Waals surface area contributed by atoms with Crippen molar-refractivity contribution in [2.45, 2.75) is 32.2 Å². The van der Waals surface area contributed by atoms with Gasteiger partial charge < -0.3 is 9.72 Å². The zero-order valence-electron chi connectivity index (χ0n) is 16.5. The fraction of sp³-hybridized carbons (Fsp3) is 0.318. The molecule has 1 saturated heterocycles. The van der Waals surface area contributed by atoms with Crippen molar-refractivity contribution < 1.29 is 0 Å². The van der Waals surface area contributed by atoms with Crippen molar-refractivity contribution in [2.75, 3.05) is 13.1 Å². The van der Waals surface area contributed by atoms with Gasteiger partial charge >= 0.3 is 5.69 Å². The molecule has 0 spiro atoms. The lowest BCUT2D eigenvalue weighted by Gasteiger charge is -2.22. The number of aryl methyl sites for hydroxylation is 1. The van der Waals surface area contributed by atoms with E-state index in [2.05, 4.69) is 10.3 Å². The summed E-state index contributed by atoms with van der Waals surface area (Å²) in [6, 6.07) is 13.9. The highest BCUT2D eigenvalue weighted by molar-refractivity contribution is 5.42. The first-order valence-corrected chi connectivity index (χ1v) is 10.1. The molecule has 3 aromatic heterocycles. The first kappa shape index (κ1) is 17.9. The summed E-state index contributed by atoms with van der Waals surface area (Å²) < 4.78 is 5.29. The van der Waals surface area contributed by atoms with Crippen LogP contribution in [0.25, 0.3) is 11.3 Å². The van der Waals surface area contributed by atoms with Gasteiger partial charge in [0.2, 0.25) is 0 Å². The van der Waals surface area contributed by atoms with Gasteiger partial charge in [-0.25, -0.2) is 19.0 Å². The van der Waals surface area contributed by atoms with Gasteiger partial charge in [0.25, 0.3) is 0 Å². The Morgan fingerprint density at radius 2 is 2.07 bits per heavy atom. The zero-order valence-corrected chi connectivity index (χ0v) is 16.5. The van der Waals surface area contributed by atoms with Crippen LogP contribution in [0.4, 0.5) is 0 Å². The van der Waals surface area contributed by atoms with E-state index < -0.39 is 0 Å². The molecule has 1 aliphatic heterocycles. The summed E-state index contributed by atoms with van der Waals surface area (Å²) in [6.07, 6.45) is 6.08. The van der Waals surface area contributed by atoms with E-state index in [-0.39, 0.29) is 11.6 Å². The molecule has 0 saturated carbocycles. The van der Waals surface area contributed by atoms with Gasteiger partial charge in [-0.1, -0.05) is 18.2 Å². The van der Waals surface area contributed by atoms with E-state index >= 15 is 0 Å². The fourth-order valence-electron chi connectivity index (χ4n) is 4.05. The number of hydrogen-bond donors (Lipinski definition) is 1. The quantitative estimate of drug-likeness (QED) is 0.583. The summed E-state index contributed by atoms with van der Waals surface area (Å²) in [4.78, 5) is 18.0. The van der Waals surface area contributed by atoms with Crippen LogP contribution in [0.2, 0.25) is 0 Å². The van der Waals surface area contributed by atoms with Crippen molar-refractivity contribution in [1.29, 1.82) is 0 Å². The standard InChI is InChI=1S/C22H24N6O/c1-16-9-11-26-14-18(24-20(26)12-16)15-27-22(29)28(19-7-3-2-4-8-19)21(25-27)17-6-5-10-23-13-17/h2-4,7-9,11-12,14,17,23H,5-6,10,13,15H2,1H3. The number of para-hydroxylation sites is 1. The molecule has 0 aliphatic carbocycles. The number of piperidine rings is 1. The molecule has 0 bridgehead atoms. The topological polar surface area (TPSA) is 69.2 Å². The molecule has 1 aromatic carbocycles. The fourth-order valence-corrected chi connectivity index (χ4v) is 4.05. The molecular formula is C22H24N6O. The first-order chi connectivity index (χ1) is 14.2. The minimum atomic E-state index is -0.120. The van der Waals surface area contributed by atoms with Gasteiger partial charge in [0.1, 0.15) is 11.5 Å². The van der Waals surface area contributed by atoms with Crippen LogP contribution in [0.3, 0.4) is 0 Å². The number of nitrogens with zero attached hydrogens (tertiary/aromatic N) is 5. The maximum atomic E-state index is 13.3. The van der Waals surface area contributed by atoms with Gasteiger partial charge in [-0.15, -0.1) is 0 Å². The third kappa shape index (κ3) is 3.38. The normalized spacial score (nSPS) is 17.1. The number of benzene rings is 1. The van der Waals surface area contributed by atoms with Crippen LogP contribution in [0.15, 0.2) is 59.7 Å². The SMILES string of the molecule is Cc1ccn2cc(Cn3nc(C4CCCNC4)n(-c4ccccc4)c3=O)nc2c1.